The minimum Gasteiger partial charge on any atom is -0.497 e. The molecule has 0 aliphatic carbocycles. The molecule has 8 heteroatoms. The average molecular weight is 512 g/mol. The Bertz CT molecular complexity index is 1160. The van der Waals surface area contributed by atoms with E-state index in [1.807, 2.05) is 30.0 Å². The number of aromatic nitrogens is 1. The Hall–Kier alpha value is -2.68. The number of benzene rings is 2. The Balaban J connectivity index is 1.38. The van der Waals surface area contributed by atoms with Gasteiger partial charge in [-0.3, -0.25) is 9.78 Å². The van der Waals surface area contributed by atoms with Crippen molar-refractivity contribution in [3.63, 3.8) is 0 Å². The van der Waals surface area contributed by atoms with E-state index in [0.29, 0.717) is 28.6 Å². The zero-order chi connectivity index (χ0) is 25.5. The van der Waals surface area contributed by atoms with Crippen molar-refractivity contribution in [1.82, 2.24) is 9.88 Å². The van der Waals surface area contributed by atoms with Gasteiger partial charge in [0.15, 0.2) is 0 Å². The van der Waals surface area contributed by atoms with Gasteiger partial charge >= 0.3 is 5.97 Å². The van der Waals surface area contributed by atoms with Crippen molar-refractivity contribution >= 4 is 28.6 Å². The number of nitrogens with zero attached hydrogens (tertiary/aromatic N) is 2. The highest BCUT2D eigenvalue weighted by atomic mass is 32.2. The van der Waals surface area contributed by atoms with Gasteiger partial charge in [0.05, 0.1) is 18.8 Å². The zero-order valence-corrected chi connectivity index (χ0v) is 21.4. The molecule has 3 unspecified atom stereocenters. The van der Waals surface area contributed by atoms with Crippen molar-refractivity contribution in [2.24, 2.45) is 17.6 Å². The standard InChI is InChI=1S/C28H34FN3O3S/c1-35-21-8-10-26-23(16-21)28(24(29)17-31-26)25(30)9-7-19-11-12-32(18-20(19)15-27(33)34)13-14-36-22-5-3-2-4-6-22/h2-6,8,10,16-17,19-20,25H,7,9,11-15,18,30H2,1H3,(H,33,34). The minimum atomic E-state index is -0.770. The summed E-state index contributed by atoms with van der Waals surface area (Å²) in [5, 5.41) is 10.2. The third-order valence-corrected chi connectivity index (χ3v) is 8.11. The molecule has 1 aliphatic rings. The number of hydrogen-bond acceptors (Lipinski definition) is 6. The number of ether oxygens (including phenoxy) is 1. The van der Waals surface area contributed by atoms with Crippen LogP contribution < -0.4 is 10.5 Å². The Morgan fingerprint density at radius 1 is 1.28 bits per heavy atom. The molecular weight excluding hydrogens is 477 g/mol. The number of nitrogens with two attached hydrogens (primary N) is 1. The minimum absolute atomic E-state index is 0.0595. The molecular formula is C28H34FN3O3S. The van der Waals surface area contributed by atoms with E-state index in [2.05, 4.69) is 22.0 Å². The second-order valence-corrected chi connectivity index (χ2v) is 10.6. The normalized spacial score (nSPS) is 19.3. The number of piperidine rings is 1. The van der Waals surface area contributed by atoms with Crippen molar-refractivity contribution < 1.29 is 19.0 Å². The highest BCUT2D eigenvalue weighted by Gasteiger charge is 2.31. The second kappa shape index (κ2) is 12.5. The fourth-order valence-corrected chi connectivity index (χ4v) is 6.15. The van der Waals surface area contributed by atoms with Gasteiger partial charge in [-0.05, 0) is 68.0 Å². The summed E-state index contributed by atoms with van der Waals surface area (Å²) in [5.41, 5.74) is 7.65. The number of carboxylic acid groups (broad SMARTS) is 1. The molecule has 192 valence electrons. The summed E-state index contributed by atoms with van der Waals surface area (Å²) >= 11 is 1.82. The molecule has 2 aromatic carbocycles. The fourth-order valence-electron chi connectivity index (χ4n) is 5.21. The van der Waals surface area contributed by atoms with E-state index >= 15 is 0 Å². The number of fused-ring (bicyclic) bond motifs is 1. The number of thioether (sulfide) groups is 1. The number of aliphatic carboxylic acids is 1. The zero-order valence-electron chi connectivity index (χ0n) is 20.6. The summed E-state index contributed by atoms with van der Waals surface area (Å²) in [4.78, 5) is 19.4. The molecule has 36 heavy (non-hydrogen) atoms. The second-order valence-electron chi connectivity index (χ2n) is 9.46. The molecule has 0 bridgehead atoms. The summed E-state index contributed by atoms with van der Waals surface area (Å²) in [5.74, 6) is 0.712. The molecule has 0 saturated carbocycles. The Kier molecular flexibility index (Phi) is 9.18. The lowest BCUT2D eigenvalue weighted by Crippen LogP contribution is -2.42. The van der Waals surface area contributed by atoms with E-state index in [1.165, 1.54) is 11.1 Å². The number of halogens is 1. The van der Waals surface area contributed by atoms with Crippen LogP contribution in [-0.2, 0) is 4.79 Å². The quantitative estimate of drug-likeness (QED) is 0.335. The number of likely N-dealkylation sites (tertiary alicyclic amines) is 1. The van der Waals surface area contributed by atoms with Crippen LogP contribution in [0.4, 0.5) is 4.39 Å². The van der Waals surface area contributed by atoms with E-state index in [1.54, 1.807) is 25.3 Å². The summed E-state index contributed by atoms with van der Waals surface area (Å²) in [6.45, 7) is 2.64. The van der Waals surface area contributed by atoms with Crippen LogP contribution >= 0.6 is 11.8 Å². The highest BCUT2D eigenvalue weighted by molar-refractivity contribution is 7.99. The smallest absolute Gasteiger partial charge is 0.303 e. The van der Waals surface area contributed by atoms with Gasteiger partial charge in [0.25, 0.3) is 0 Å². The first-order valence-electron chi connectivity index (χ1n) is 12.4. The predicted octanol–water partition coefficient (Wildman–Crippen LogP) is 5.37. The summed E-state index contributed by atoms with van der Waals surface area (Å²) < 4.78 is 20.2. The van der Waals surface area contributed by atoms with Crippen LogP contribution in [0.5, 0.6) is 5.75 Å². The van der Waals surface area contributed by atoms with E-state index in [0.717, 1.165) is 38.2 Å². The van der Waals surface area contributed by atoms with Crippen LogP contribution in [0.2, 0.25) is 0 Å². The Morgan fingerprint density at radius 3 is 2.83 bits per heavy atom. The molecule has 1 aliphatic heterocycles. The monoisotopic (exact) mass is 511 g/mol. The number of rotatable bonds is 11. The van der Waals surface area contributed by atoms with E-state index in [9.17, 15) is 14.3 Å². The highest BCUT2D eigenvalue weighted by Crippen LogP contribution is 2.35. The summed E-state index contributed by atoms with van der Waals surface area (Å²) in [6, 6.07) is 15.2. The van der Waals surface area contributed by atoms with Crippen LogP contribution in [0.15, 0.2) is 59.6 Å². The average Bonchev–Trinajstić information content (AvgIpc) is 2.88. The van der Waals surface area contributed by atoms with Crippen molar-refractivity contribution in [3.8, 4) is 5.75 Å². The first-order chi connectivity index (χ1) is 17.4. The molecule has 2 heterocycles. The molecule has 0 amide bonds. The number of hydrogen-bond donors (Lipinski definition) is 2. The molecule has 3 atom stereocenters. The van der Waals surface area contributed by atoms with Crippen molar-refractivity contribution in [3.05, 3.63) is 66.1 Å². The number of carbonyl (C=O) groups is 1. The maximum Gasteiger partial charge on any atom is 0.303 e. The van der Waals surface area contributed by atoms with Crippen LogP contribution in [-0.4, -0.2) is 53.5 Å². The topological polar surface area (TPSA) is 88.7 Å². The van der Waals surface area contributed by atoms with E-state index in [-0.39, 0.29) is 18.3 Å². The van der Waals surface area contributed by atoms with Crippen LogP contribution in [0, 0.1) is 17.7 Å². The first kappa shape index (κ1) is 26.4. The molecule has 3 aromatic rings. The maximum atomic E-state index is 14.8. The number of carboxylic acids is 1. The van der Waals surface area contributed by atoms with Crippen LogP contribution in [0.3, 0.4) is 0 Å². The predicted molar refractivity (Wildman–Crippen MR) is 142 cm³/mol. The lowest BCUT2D eigenvalue weighted by Gasteiger charge is -2.38. The van der Waals surface area contributed by atoms with Gasteiger partial charge < -0.3 is 20.5 Å². The molecule has 0 spiro atoms. The van der Waals surface area contributed by atoms with Gasteiger partial charge in [0.2, 0.25) is 0 Å². The van der Waals surface area contributed by atoms with Gasteiger partial charge in [0.1, 0.15) is 11.6 Å². The van der Waals surface area contributed by atoms with Gasteiger partial charge in [0, 0.05) is 47.2 Å². The van der Waals surface area contributed by atoms with Crippen molar-refractivity contribution in [1.29, 1.82) is 0 Å². The van der Waals surface area contributed by atoms with E-state index < -0.39 is 17.8 Å². The molecule has 6 nitrogen and oxygen atoms in total. The van der Waals surface area contributed by atoms with Crippen molar-refractivity contribution in [2.75, 3.05) is 32.5 Å². The van der Waals surface area contributed by atoms with Crippen LogP contribution in [0.25, 0.3) is 10.9 Å². The number of pyridine rings is 1. The molecule has 1 fully saturated rings. The molecule has 0 radical (unpaired) electrons. The summed E-state index contributed by atoms with van der Waals surface area (Å²) in [7, 11) is 1.57. The first-order valence-corrected chi connectivity index (χ1v) is 13.4. The van der Waals surface area contributed by atoms with Gasteiger partial charge in [-0.1, -0.05) is 18.2 Å². The van der Waals surface area contributed by atoms with Gasteiger partial charge in [-0.25, -0.2) is 4.39 Å². The van der Waals surface area contributed by atoms with E-state index in [4.69, 9.17) is 10.5 Å². The third kappa shape index (κ3) is 6.75. The fraction of sp³-hybridized carbons (Fsp3) is 0.429. The van der Waals surface area contributed by atoms with Crippen LogP contribution in [0.1, 0.15) is 37.3 Å². The Labute approximate surface area is 216 Å². The largest absolute Gasteiger partial charge is 0.497 e. The molecule has 1 saturated heterocycles. The lowest BCUT2D eigenvalue weighted by molar-refractivity contribution is -0.139. The Morgan fingerprint density at radius 2 is 2.08 bits per heavy atom. The lowest BCUT2D eigenvalue weighted by atomic mass is 9.79. The maximum absolute atomic E-state index is 14.8. The molecule has 1 aromatic heterocycles. The SMILES string of the molecule is COc1ccc2ncc(F)c(C(N)CCC3CCN(CCSc4ccccc4)CC3CC(=O)O)c2c1. The molecule has 4 rings (SSSR count). The van der Waals surface area contributed by atoms with Gasteiger partial charge in [-0.2, -0.15) is 0 Å². The van der Waals surface area contributed by atoms with Gasteiger partial charge in [-0.15, -0.1) is 11.8 Å². The number of methoxy groups -OCH3 is 1. The molecule has 3 N–H and O–H groups in total. The third-order valence-electron chi connectivity index (χ3n) is 7.12. The van der Waals surface area contributed by atoms with Crippen molar-refractivity contribution in [2.45, 2.75) is 36.6 Å². The summed E-state index contributed by atoms with van der Waals surface area (Å²) in [6.07, 6.45) is 3.64.